The van der Waals surface area contributed by atoms with Crippen molar-refractivity contribution in [1.82, 2.24) is 15.0 Å². The summed E-state index contributed by atoms with van der Waals surface area (Å²) in [6, 6.07) is 0. The molecule has 17 heavy (non-hydrogen) atoms. The average molecular weight is 238 g/mol. The summed E-state index contributed by atoms with van der Waals surface area (Å²) < 4.78 is 7.49. The summed E-state index contributed by atoms with van der Waals surface area (Å²) in [5.74, 6) is 0.548. The number of rotatable bonds is 5. The van der Waals surface area contributed by atoms with Crippen molar-refractivity contribution in [1.29, 1.82) is 0 Å². The molecule has 2 N–H and O–H groups in total. The highest BCUT2D eigenvalue weighted by Crippen LogP contribution is 2.28. The SMILES string of the molecule is CCCn1nnc(CCN)c1C1CCOCC1. The van der Waals surface area contributed by atoms with Crippen LogP contribution in [0.4, 0.5) is 0 Å². The number of hydrogen-bond donors (Lipinski definition) is 1. The van der Waals surface area contributed by atoms with Crippen LogP contribution < -0.4 is 5.73 Å². The van der Waals surface area contributed by atoms with Crippen molar-refractivity contribution in [3.63, 3.8) is 0 Å². The highest BCUT2D eigenvalue weighted by Gasteiger charge is 2.24. The molecule has 1 aromatic heterocycles. The first-order valence-electron chi connectivity index (χ1n) is 6.56. The molecule has 1 aliphatic heterocycles. The maximum atomic E-state index is 5.64. The van der Waals surface area contributed by atoms with E-state index in [-0.39, 0.29) is 0 Å². The molecule has 0 bridgehead atoms. The predicted octanol–water partition coefficient (Wildman–Crippen LogP) is 1.08. The fourth-order valence-electron chi connectivity index (χ4n) is 2.47. The van der Waals surface area contributed by atoms with Crippen molar-refractivity contribution in [2.75, 3.05) is 19.8 Å². The molecule has 1 fully saturated rings. The fraction of sp³-hybridized carbons (Fsp3) is 0.833. The van der Waals surface area contributed by atoms with E-state index in [0.29, 0.717) is 12.5 Å². The zero-order valence-corrected chi connectivity index (χ0v) is 10.6. The van der Waals surface area contributed by atoms with Gasteiger partial charge in [0.1, 0.15) is 0 Å². The van der Waals surface area contributed by atoms with Gasteiger partial charge in [-0.05, 0) is 25.8 Å². The Morgan fingerprint density at radius 2 is 2.18 bits per heavy atom. The molecule has 2 rings (SSSR count). The molecule has 0 radical (unpaired) electrons. The van der Waals surface area contributed by atoms with Crippen LogP contribution in [0.3, 0.4) is 0 Å². The summed E-state index contributed by atoms with van der Waals surface area (Å²) >= 11 is 0. The summed E-state index contributed by atoms with van der Waals surface area (Å²) in [5, 5.41) is 8.56. The zero-order chi connectivity index (χ0) is 12.1. The molecule has 0 aromatic carbocycles. The summed E-state index contributed by atoms with van der Waals surface area (Å²) in [7, 11) is 0. The van der Waals surface area contributed by atoms with Gasteiger partial charge in [0.15, 0.2) is 0 Å². The van der Waals surface area contributed by atoms with Gasteiger partial charge in [0.2, 0.25) is 0 Å². The highest BCUT2D eigenvalue weighted by atomic mass is 16.5. The van der Waals surface area contributed by atoms with Crippen molar-refractivity contribution in [2.45, 2.75) is 45.1 Å². The van der Waals surface area contributed by atoms with E-state index in [0.717, 1.165) is 51.1 Å². The molecule has 0 saturated carbocycles. The van der Waals surface area contributed by atoms with Gasteiger partial charge in [-0.1, -0.05) is 12.1 Å². The second kappa shape index (κ2) is 6.12. The Balaban J connectivity index is 2.22. The number of aromatic nitrogens is 3. The third-order valence-corrected chi connectivity index (χ3v) is 3.27. The molecule has 1 aromatic rings. The van der Waals surface area contributed by atoms with Crippen LogP contribution >= 0.6 is 0 Å². The highest BCUT2D eigenvalue weighted by molar-refractivity contribution is 5.17. The maximum absolute atomic E-state index is 5.64. The zero-order valence-electron chi connectivity index (χ0n) is 10.6. The number of aryl methyl sites for hydroxylation is 1. The minimum Gasteiger partial charge on any atom is -0.381 e. The predicted molar refractivity (Wildman–Crippen MR) is 65.9 cm³/mol. The molecule has 0 unspecified atom stereocenters. The largest absolute Gasteiger partial charge is 0.381 e. The van der Waals surface area contributed by atoms with Crippen LogP contribution in [-0.2, 0) is 17.7 Å². The van der Waals surface area contributed by atoms with Gasteiger partial charge in [-0.15, -0.1) is 5.10 Å². The number of hydrogen-bond acceptors (Lipinski definition) is 4. The van der Waals surface area contributed by atoms with Gasteiger partial charge in [0, 0.05) is 32.1 Å². The van der Waals surface area contributed by atoms with Gasteiger partial charge in [-0.25, -0.2) is 4.68 Å². The molecule has 96 valence electrons. The third-order valence-electron chi connectivity index (χ3n) is 3.27. The van der Waals surface area contributed by atoms with E-state index in [1.165, 1.54) is 5.69 Å². The molecule has 0 aliphatic carbocycles. The third kappa shape index (κ3) is 2.84. The van der Waals surface area contributed by atoms with Crippen molar-refractivity contribution in [3.05, 3.63) is 11.4 Å². The Hall–Kier alpha value is -0.940. The van der Waals surface area contributed by atoms with Crippen molar-refractivity contribution < 1.29 is 4.74 Å². The lowest BCUT2D eigenvalue weighted by Gasteiger charge is -2.23. The Kier molecular flexibility index (Phi) is 4.50. The van der Waals surface area contributed by atoms with Crippen molar-refractivity contribution in [2.24, 2.45) is 5.73 Å². The van der Waals surface area contributed by atoms with Crippen molar-refractivity contribution in [3.8, 4) is 0 Å². The van der Waals surface area contributed by atoms with Crippen LogP contribution in [0.25, 0.3) is 0 Å². The maximum Gasteiger partial charge on any atom is 0.0874 e. The lowest BCUT2D eigenvalue weighted by Crippen LogP contribution is -2.19. The lowest BCUT2D eigenvalue weighted by molar-refractivity contribution is 0.0833. The second-order valence-corrected chi connectivity index (χ2v) is 4.57. The molecular formula is C12H22N4O. The second-order valence-electron chi connectivity index (χ2n) is 4.57. The molecular weight excluding hydrogens is 216 g/mol. The molecule has 5 nitrogen and oxygen atoms in total. The minimum absolute atomic E-state index is 0.548. The van der Waals surface area contributed by atoms with Gasteiger partial charge in [-0.2, -0.15) is 0 Å². The fourth-order valence-corrected chi connectivity index (χ4v) is 2.47. The van der Waals surface area contributed by atoms with E-state index in [2.05, 4.69) is 21.9 Å². The Morgan fingerprint density at radius 3 is 2.82 bits per heavy atom. The van der Waals surface area contributed by atoms with E-state index >= 15 is 0 Å². The molecule has 2 heterocycles. The topological polar surface area (TPSA) is 66.0 Å². The first-order chi connectivity index (χ1) is 8.36. The van der Waals surface area contributed by atoms with E-state index in [1.807, 2.05) is 0 Å². The molecule has 5 heteroatoms. The van der Waals surface area contributed by atoms with Gasteiger partial charge in [0.25, 0.3) is 0 Å². The van der Waals surface area contributed by atoms with Crippen molar-refractivity contribution >= 4 is 0 Å². The van der Waals surface area contributed by atoms with Gasteiger partial charge in [0.05, 0.1) is 11.4 Å². The minimum atomic E-state index is 0.548. The average Bonchev–Trinajstić information content (AvgIpc) is 2.74. The number of nitrogens with zero attached hydrogens (tertiary/aromatic N) is 3. The summed E-state index contributed by atoms with van der Waals surface area (Å²) in [4.78, 5) is 0. The lowest BCUT2D eigenvalue weighted by atomic mass is 9.94. The van der Waals surface area contributed by atoms with Crippen LogP contribution in [0.2, 0.25) is 0 Å². The summed E-state index contributed by atoms with van der Waals surface area (Å²) in [5.41, 5.74) is 8.04. The first-order valence-corrected chi connectivity index (χ1v) is 6.56. The standard InChI is InChI=1S/C12H22N4O/c1-2-7-16-12(10-4-8-17-9-5-10)11(3-6-13)14-15-16/h10H,2-9,13H2,1H3. The van der Waals surface area contributed by atoms with Gasteiger partial charge in [-0.3, -0.25) is 0 Å². The van der Waals surface area contributed by atoms with E-state index in [9.17, 15) is 0 Å². The quantitative estimate of drug-likeness (QED) is 0.833. The summed E-state index contributed by atoms with van der Waals surface area (Å²) in [6.07, 6.45) is 4.07. The molecule has 0 amide bonds. The number of ether oxygens (including phenoxy) is 1. The van der Waals surface area contributed by atoms with Crippen LogP contribution in [0.15, 0.2) is 0 Å². The normalized spacial score (nSPS) is 17.5. The van der Waals surface area contributed by atoms with E-state index in [1.54, 1.807) is 0 Å². The molecule has 1 aliphatic rings. The molecule has 1 saturated heterocycles. The van der Waals surface area contributed by atoms with Gasteiger partial charge >= 0.3 is 0 Å². The van der Waals surface area contributed by atoms with Crippen LogP contribution in [0.5, 0.6) is 0 Å². The Labute approximate surface area is 102 Å². The molecule has 0 atom stereocenters. The number of nitrogens with two attached hydrogens (primary N) is 1. The Bertz CT molecular complexity index is 321. The smallest absolute Gasteiger partial charge is 0.0874 e. The van der Waals surface area contributed by atoms with E-state index in [4.69, 9.17) is 10.5 Å². The van der Waals surface area contributed by atoms with Gasteiger partial charge < -0.3 is 10.5 Å². The Morgan fingerprint density at radius 1 is 1.41 bits per heavy atom. The van der Waals surface area contributed by atoms with E-state index < -0.39 is 0 Å². The first kappa shape index (κ1) is 12.5. The summed E-state index contributed by atoms with van der Waals surface area (Å²) in [6.45, 7) is 5.46. The molecule has 0 spiro atoms. The van der Waals surface area contributed by atoms with Crippen LogP contribution in [0, 0.1) is 0 Å². The monoisotopic (exact) mass is 238 g/mol. The van der Waals surface area contributed by atoms with Crippen LogP contribution in [-0.4, -0.2) is 34.8 Å². The van der Waals surface area contributed by atoms with Crippen LogP contribution in [0.1, 0.15) is 43.5 Å².